The van der Waals surface area contributed by atoms with Crippen molar-refractivity contribution < 1.29 is 9.90 Å². The van der Waals surface area contributed by atoms with E-state index in [1.807, 2.05) is 30.0 Å². The van der Waals surface area contributed by atoms with Crippen molar-refractivity contribution in [1.29, 1.82) is 0 Å². The largest absolute Gasteiger partial charge is 0.481 e. The van der Waals surface area contributed by atoms with Gasteiger partial charge in [-0.05, 0) is 24.3 Å². The molecule has 1 aromatic rings. The Morgan fingerprint density at radius 3 is 2.61 bits per heavy atom. The second-order valence-corrected chi connectivity index (χ2v) is 5.41. The van der Waals surface area contributed by atoms with E-state index in [1.165, 1.54) is 5.69 Å². The van der Waals surface area contributed by atoms with Crippen LogP contribution in [-0.4, -0.2) is 35.7 Å². The van der Waals surface area contributed by atoms with Gasteiger partial charge in [0.05, 0.1) is 0 Å². The SMILES string of the molecule is CCSCCN(CCCC(=O)O)c1ccccc1. The molecule has 0 bridgehead atoms. The van der Waals surface area contributed by atoms with E-state index in [0.29, 0.717) is 6.42 Å². The number of hydrogen-bond acceptors (Lipinski definition) is 3. The summed E-state index contributed by atoms with van der Waals surface area (Å²) in [7, 11) is 0. The van der Waals surface area contributed by atoms with Crippen LogP contribution >= 0.6 is 11.8 Å². The number of aliphatic carboxylic acids is 1. The molecule has 1 aromatic carbocycles. The smallest absolute Gasteiger partial charge is 0.303 e. The fourth-order valence-corrected chi connectivity index (χ4v) is 2.39. The summed E-state index contributed by atoms with van der Waals surface area (Å²) in [4.78, 5) is 12.8. The summed E-state index contributed by atoms with van der Waals surface area (Å²) in [6.45, 7) is 3.94. The van der Waals surface area contributed by atoms with E-state index in [4.69, 9.17) is 5.11 Å². The normalized spacial score (nSPS) is 10.3. The monoisotopic (exact) mass is 267 g/mol. The first-order valence-corrected chi connectivity index (χ1v) is 7.49. The summed E-state index contributed by atoms with van der Waals surface area (Å²) >= 11 is 1.91. The predicted octanol–water partition coefficient (Wildman–Crippen LogP) is 3.11. The molecule has 4 heteroatoms. The lowest BCUT2D eigenvalue weighted by molar-refractivity contribution is -0.137. The molecular weight excluding hydrogens is 246 g/mol. The van der Waals surface area contributed by atoms with Crippen molar-refractivity contribution in [2.24, 2.45) is 0 Å². The molecule has 0 fully saturated rings. The Labute approximate surface area is 113 Å². The molecule has 0 atom stereocenters. The number of carboxylic acid groups (broad SMARTS) is 1. The third kappa shape index (κ3) is 5.96. The van der Waals surface area contributed by atoms with Crippen molar-refractivity contribution >= 4 is 23.4 Å². The molecule has 0 radical (unpaired) electrons. The van der Waals surface area contributed by atoms with Gasteiger partial charge in [-0.3, -0.25) is 4.79 Å². The highest BCUT2D eigenvalue weighted by Crippen LogP contribution is 2.15. The zero-order valence-electron chi connectivity index (χ0n) is 10.8. The number of anilines is 1. The first-order chi connectivity index (χ1) is 8.74. The fourth-order valence-electron chi connectivity index (χ4n) is 1.75. The molecule has 0 aliphatic rings. The average Bonchev–Trinajstić information content (AvgIpc) is 2.38. The predicted molar refractivity (Wildman–Crippen MR) is 78.5 cm³/mol. The Balaban J connectivity index is 2.49. The van der Waals surface area contributed by atoms with Gasteiger partial charge in [0, 0.05) is 31.0 Å². The van der Waals surface area contributed by atoms with E-state index in [-0.39, 0.29) is 6.42 Å². The van der Waals surface area contributed by atoms with Crippen LogP contribution in [0.1, 0.15) is 19.8 Å². The van der Waals surface area contributed by atoms with Crippen molar-refractivity contribution in [3.8, 4) is 0 Å². The third-order valence-corrected chi connectivity index (χ3v) is 3.53. The van der Waals surface area contributed by atoms with Crippen LogP contribution in [0.5, 0.6) is 0 Å². The van der Waals surface area contributed by atoms with Crippen LogP contribution in [0.15, 0.2) is 30.3 Å². The van der Waals surface area contributed by atoms with Crippen LogP contribution in [0, 0.1) is 0 Å². The van der Waals surface area contributed by atoms with Gasteiger partial charge in [-0.25, -0.2) is 0 Å². The van der Waals surface area contributed by atoms with Crippen molar-refractivity contribution in [2.75, 3.05) is 29.5 Å². The first-order valence-electron chi connectivity index (χ1n) is 6.33. The Morgan fingerprint density at radius 1 is 1.28 bits per heavy atom. The molecule has 0 aliphatic heterocycles. The molecule has 0 spiro atoms. The second-order valence-electron chi connectivity index (χ2n) is 4.02. The number of para-hydroxylation sites is 1. The number of benzene rings is 1. The number of rotatable bonds is 9. The molecule has 0 aromatic heterocycles. The minimum Gasteiger partial charge on any atom is -0.481 e. The van der Waals surface area contributed by atoms with Crippen LogP contribution in [0.25, 0.3) is 0 Å². The highest BCUT2D eigenvalue weighted by atomic mass is 32.2. The second kappa shape index (κ2) is 8.86. The van der Waals surface area contributed by atoms with Crippen molar-refractivity contribution in [3.63, 3.8) is 0 Å². The number of carboxylic acids is 1. The maximum atomic E-state index is 10.6. The fraction of sp³-hybridized carbons (Fsp3) is 0.500. The van der Waals surface area contributed by atoms with Crippen molar-refractivity contribution in [2.45, 2.75) is 19.8 Å². The van der Waals surface area contributed by atoms with Crippen LogP contribution in [0.3, 0.4) is 0 Å². The molecule has 1 N–H and O–H groups in total. The van der Waals surface area contributed by atoms with Gasteiger partial charge in [-0.2, -0.15) is 11.8 Å². The summed E-state index contributed by atoms with van der Waals surface area (Å²) in [5.74, 6) is 1.49. The summed E-state index contributed by atoms with van der Waals surface area (Å²) < 4.78 is 0. The molecule has 1 rings (SSSR count). The highest BCUT2D eigenvalue weighted by molar-refractivity contribution is 7.99. The quantitative estimate of drug-likeness (QED) is 0.698. The number of carbonyl (C=O) groups is 1. The van der Waals surface area contributed by atoms with Crippen molar-refractivity contribution in [1.82, 2.24) is 0 Å². The van der Waals surface area contributed by atoms with Crippen molar-refractivity contribution in [3.05, 3.63) is 30.3 Å². The Hall–Kier alpha value is -1.16. The summed E-state index contributed by atoms with van der Waals surface area (Å²) in [6, 6.07) is 10.2. The maximum Gasteiger partial charge on any atom is 0.303 e. The van der Waals surface area contributed by atoms with Crippen LogP contribution in [0.2, 0.25) is 0 Å². The lowest BCUT2D eigenvalue weighted by Crippen LogP contribution is -2.27. The molecule has 0 heterocycles. The van der Waals surface area contributed by atoms with Gasteiger partial charge < -0.3 is 10.0 Å². The summed E-state index contributed by atoms with van der Waals surface area (Å²) in [5.41, 5.74) is 1.18. The van der Waals surface area contributed by atoms with E-state index in [1.54, 1.807) is 0 Å². The molecule has 100 valence electrons. The zero-order valence-corrected chi connectivity index (χ0v) is 11.7. The molecule has 3 nitrogen and oxygen atoms in total. The van der Waals surface area contributed by atoms with Gasteiger partial charge in [-0.15, -0.1) is 0 Å². The summed E-state index contributed by atoms with van der Waals surface area (Å²) in [6.07, 6.45) is 0.936. The van der Waals surface area contributed by atoms with Gasteiger partial charge in [-0.1, -0.05) is 25.1 Å². The Kier molecular flexibility index (Phi) is 7.34. The molecule has 18 heavy (non-hydrogen) atoms. The minimum atomic E-state index is -0.717. The third-order valence-electron chi connectivity index (χ3n) is 2.65. The van der Waals surface area contributed by atoms with Crippen LogP contribution in [-0.2, 0) is 4.79 Å². The standard InChI is InChI=1S/C14H21NO2S/c1-2-18-12-11-15(10-6-9-14(16)17)13-7-4-3-5-8-13/h3-5,7-8H,2,6,9-12H2,1H3,(H,16,17). The number of hydrogen-bond donors (Lipinski definition) is 1. The van der Waals surface area contributed by atoms with E-state index in [0.717, 1.165) is 24.6 Å². The van der Waals surface area contributed by atoms with Gasteiger partial charge in [0.15, 0.2) is 0 Å². The molecule has 0 aliphatic carbocycles. The number of nitrogens with zero attached hydrogens (tertiary/aromatic N) is 1. The van der Waals surface area contributed by atoms with Gasteiger partial charge >= 0.3 is 5.97 Å². The molecule has 0 amide bonds. The topological polar surface area (TPSA) is 40.5 Å². The lowest BCUT2D eigenvalue weighted by Gasteiger charge is -2.24. The number of thioether (sulfide) groups is 1. The average molecular weight is 267 g/mol. The summed E-state index contributed by atoms with van der Waals surface area (Å²) in [5, 5.41) is 8.69. The van der Waals surface area contributed by atoms with E-state index >= 15 is 0 Å². The van der Waals surface area contributed by atoms with E-state index < -0.39 is 5.97 Å². The Morgan fingerprint density at radius 2 is 2.00 bits per heavy atom. The van der Waals surface area contributed by atoms with Gasteiger partial charge in [0.1, 0.15) is 0 Å². The van der Waals surface area contributed by atoms with E-state index in [9.17, 15) is 4.79 Å². The van der Waals surface area contributed by atoms with Gasteiger partial charge in [0.25, 0.3) is 0 Å². The lowest BCUT2D eigenvalue weighted by atomic mass is 10.2. The first kappa shape index (κ1) is 14.9. The van der Waals surface area contributed by atoms with Crippen LogP contribution < -0.4 is 4.90 Å². The van der Waals surface area contributed by atoms with E-state index in [2.05, 4.69) is 24.0 Å². The minimum absolute atomic E-state index is 0.240. The van der Waals surface area contributed by atoms with Crippen LogP contribution in [0.4, 0.5) is 5.69 Å². The Bertz CT molecular complexity index is 343. The molecule has 0 saturated carbocycles. The maximum absolute atomic E-state index is 10.6. The zero-order chi connectivity index (χ0) is 13.2. The molecule has 0 saturated heterocycles. The highest BCUT2D eigenvalue weighted by Gasteiger charge is 2.06. The van der Waals surface area contributed by atoms with Gasteiger partial charge in [0.2, 0.25) is 0 Å². The molecular formula is C14H21NO2S. The molecule has 0 unspecified atom stereocenters.